The van der Waals surface area contributed by atoms with Crippen molar-refractivity contribution in [3.63, 3.8) is 0 Å². The summed E-state index contributed by atoms with van der Waals surface area (Å²) in [5, 5.41) is 3.63. The highest BCUT2D eigenvalue weighted by atomic mass is 15.2. The molecule has 0 saturated heterocycles. The topological polar surface area (TPSA) is 15.3 Å². The Bertz CT molecular complexity index is 1560. The van der Waals surface area contributed by atoms with Crippen LogP contribution in [0.3, 0.4) is 0 Å². The van der Waals surface area contributed by atoms with Crippen LogP contribution in [0.15, 0.2) is 114 Å². The van der Waals surface area contributed by atoms with E-state index in [1.54, 1.807) is 0 Å². The summed E-state index contributed by atoms with van der Waals surface area (Å²) in [6.07, 6.45) is 22.8. The molecule has 0 unspecified atom stereocenters. The van der Waals surface area contributed by atoms with E-state index in [1.807, 2.05) is 0 Å². The van der Waals surface area contributed by atoms with E-state index in [-0.39, 0.29) is 0 Å². The Labute approximate surface area is 213 Å². The molecule has 2 aliphatic heterocycles. The molecule has 4 aliphatic rings. The van der Waals surface area contributed by atoms with Gasteiger partial charge in [0.2, 0.25) is 0 Å². The van der Waals surface area contributed by atoms with E-state index < -0.39 is 0 Å². The molecule has 0 amide bonds. The summed E-state index contributed by atoms with van der Waals surface area (Å²) in [4.78, 5) is 2.51. The molecule has 0 atom stereocenters. The standard InChI is InChI=1S/C34H28N2/c1-2-11-28(12-3-1)36-33-15-7-5-10-25(33)19-21-30-29(13-8-16-34(30)36)26-20-22-32-27(23-26)18-17-24-9-4-6-14-31(24)35-32/h2,4-7,9-15,17-23,35H,1,3,8,16H2. The third-order valence-corrected chi connectivity index (χ3v) is 7.48. The molecule has 0 spiro atoms. The second-order valence-corrected chi connectivity index (χ2v) is 9.70. The first-order valence-electron chi connectivity index (χ1n) is 12.9. The van der Waals surface area contributed by atoms with Crippen molar-refractivity contribution in [2.24, 2.45) is 0 Å². The molecular weight excluding hydrogens is 436 g/mol. The summed E-state index contributed by atoms with van der Waals surface area (Å²) in [7, 11) is 0. The van der Waals surface area contributed by atoms with Gasteiger partial charge in [0.1, 0.15) is 0 Å². The lowest BCUT2D eigenvalue weighted by Crippen LogP contribution is -2.24. The second-order valence-electron chi connectivity index (χ2n) is 9.70. The van der Waals surface area contributed by atoms with Crippen LogP contribution in [-0.4, -0.2) is 0 Å². The number of benzene rings is 3. The first kappa shape index (κ1) is 21.0. The molecule has 0 fully saturated rings. The number of nitrogens with one attached hydrogen (secondary N) is 1. The molecule has 174 valence electrons. The van der Waals surface area contributed by atoms with Crippen molar-refractivity contribution >= 4 is 40.9 Å². The van der Waals surface area contributed by atoms with E-state index in [2.05, 4.69) is 126 Å². The van der Waals surface area contributed by atoms with E-state index in [0.717, 1.165) is 37.1 Å². The molecule has 0 saturated carbocycles. The van der Waals surface area contributed by atoms with Crippen molar-refractivity contribution in [1.29, 1.82) is 0 Å². The van der Waals surface area contributed by atoms with Crippen LogP contribution in [0, 0.1) is 0 Å². The minimum atomic E-state index is 1.03. The molecule has 2 nitrogen and oxygen atoms in total. The van der Waals surface area contributed by atoms with Gasteiger partial charge < -0.3 is 10.2 Å². The lowest BCUT2D eigenvalue weighted by molar-refractivity contribution is 0.882. The average Bonchev–Trinajstić information content (AvgIpc) is 3.23. The van der Waals surface area contributed by atoms with Crippen LogP contribution in [0.25, 0.3) is 23.8 Å². The summed E-state index contributed by atoms with van der Waals surface area (Å²) >= 11 is 0. The van der Waals surface area contributed by atoms with Crippen molar-refractivity contribution in [2.75, 3.05) is 10.2 Å². The smallest absolute Gasteiger partial charge is 0.0530 e. The van der Waals surface area contributed by atoms with E-state index in [4.69, 9.17) is 0 Å². The highest BCUT2D eigenvalue weighted by molar-refractivity contribution is 5.93. The fourth-order valence-electron chi connectivity index (χ4n) is 5.72. The third-order valence-electron chi connectivity index (χ3n) is 7.48. The van der Waals surface area contributed by atoms with Crippen LogP contribution >= 0.6 is 0 Å². The molecule has 2 aliphatic carbocycles. The van der Waals surface area contributed by atoms with Crippen LogP contribution in [0.1, 0.15) is 47.9 Å². The monoisotopic (exact) mass is 464 g/mol. The van der Waals surface area contributed by atoms with Gasteiger partial charge in [0, 0.05) is 28.3 Å². The number of fused-ring (bicyclic) bond motifs is 3. The zero-order chi connectivity index (χ0) is 23.9. The zero-order valence-electron chi connectivity index (χ0n) is 20.2. The summed E-state index contributed by atoms with van der Waals surface area (Å²) in [5.41, 5.74) is 13.9. The molecule has 2 heterocycles. The molecule has 3 aromatic rings. The number of hydrogen-bond donors (Lipinski definition) is 1. The van der Waals surface area contributed by atoms with Gasteiger partial charge in [-0.3, -0.25) is 0 Å². The number of hydrogen-bond acceptors (Lipinski definition) is 2. The molecule has 0 bridgehead atoms. The predicted octanol–water partition coefficient (Wildman–Crippen LogP) is 9.11. The number of para-hydroxylation sites is 2. The lowest BCUT2D eigenvalue weighted by Gasteiger charge is -2.33. The van der Waals surface area contributed by atoms with E-state index in [9.17, 15) is 0 Å². The maximum absolute atomic E-state index is 3.63. The summed E-state index contributed by atoms with van der Waals surface area (Å²) in [6.45, 7) is 0. The number of rotatable bonds is 2. The second kappa shape index (κ2) is 8.73. The first-order valence-corrected chi connectivity index (χ1v) is 12.9. The normalized spacial score (nSPS) is 17.6. The third kappa shape index (κ3) is 3.58. The highest BCUT2D eigenvalue weighted by Gasteiger charge is 2.27. The van der Waals surface area contributed by atoms with Crippen molar-refractivity contribution in [2.45, 2.75) is 25.7 Å². The van der Waals surface area contributed by atoms with Gasteiger partial charge in [-0.15, -0.1) is 0 Å². The Morgan fingerprint density at radius 3 is 2.36 bits per heavy atom. The number of nitrogens with zero attached hydrogens (tertiary/aromatic N) is 1. The fraction of sp³-hybridized carbons (Fsp3) is 0.118. The summed E-state index contributed by atoms with van der Waals surface area (Å²) in [5.74, 6) is 0. The van der Waals surface area contributed by atoms with Gasteiger partial charge in [0.05, 0.1) is 5.69 Å². The summed E-state index contributed by atoms with van der Waals surface area (Å²) in [6, 6.07) is 24.1. The Kier molecular flexibility index (Phi) is 5.10. The molecule has 0 aromatic heterocycles. The molecule has 0 radical (unpaired) electrons. The van der Waals surface area contributed by atoms with Gasteiger partial charge in [-0.05, 0) is 83.9 Å². The maximum atomic E-state index is 3.63. The molecule has 1 N–H and O–H groups in total. The van der Waals surface area contributed by atoms with Crippen LogP contribution in [0.4, 0.5) is 17.1 Å². The molecule has 2 heteroatoms. The molecule has 36 heavy (non-hydrogen) atoms. The predicted molar refractivity (Wildman–Crippen MR) is 154 cm³/mol. The minimum absolute atomic E-state index is 1.03. The van der Waals surface area contributed by atoms with Crippen LogP contribution in [0.5, 0.6) is 0 Å². The lowest BCUT2D eigenvalue weighted by atomic mass is 9.88. The number of anilines is 3. The average molecular weight is 465 g/mol. The quantitative estimate of drug-likeness (QED) is 0.318. The Hall–Kier alpha value is -4.30. The van der Waals surface area contributed by atoms with Gasteiger partial charge in [-0.25, -0.2) is 0 Å². The zero-order valence-corrected chi connectivity index (χ0v) is 20.2. The fourth-order valence-corrected chi connectivity index (χ4v) is 5.72. The Morgan fingerprint density at radius 2 is 1.44 bits per heavy atom. The van der Waals surface area contributed by atoms with Gasteiger partial charge in [0.25, 0.3) is 0 Å². The largest absolute Gasteiger partial charge is 0.355 e. The molecule has 7 rings (SSSR count). The maximum Gasteiger partial charge on any atom is 0.0530 e. The van der Waals surface area contributed by atoms with Crippen LogP contribution < -0.4 is 10.2 Å². The Morgan fingerprint density at radius 1 is 0.639 bits per heavy atom. The number of allylic oxidation sites excluding steroid dienone is 8. The van der Waals surface area contributed by atoms with Gasteiger partial charge in [-0.2, -0.15) is 0 Å². The molecule has 3 aromatic carbocycles. The van der Waals surface area contributed by atoms with Gasteiger partial charge >= 0.3 is 0 Å². The van der Waals surface area contributed by atoms with Crippen molar-refractivity contribution in [3.8, 4) is 0 Å². The van der Waals surface area contributed by atoms with Gasteiger partial charge in [0.15, 0.2) is 0 Å². The Balaban J connectivity index is 1.34. The highest BCUT2D eigenvalue weighted by Crippen LogP contribution is 2.43. The van der Waals surface area contributed by atoms with E-state index in [1.165, 1.54) is 50.5 Å². The van der Waals surface area contributed by atoms with E-state index in [0.29, 0.717) is 0 Å². The van der Waals surface area contributed by atoms with Crippen molar-refractivity contribution in [3.05, 3.63) is 136 Å². The van der Waals surface area contributed by atoms with Gasteiger partial charge in [-0.1, -0.05) is 85.0 Å². The SMILES string of the molecule is C1=CC(N2C3=C(C=Cc4ccccc42)C(c2ccc4c(c2)C=Cc2ccccc2N4)=CCC3)=CCC1. The van der Waals surface area contributed by atoms with Crippen LogP contribution in [-0.2, 0) is 0 Å². The first-order chi connectivity index (χ1) is 17.8. The minimum Gasteiger partial charge on any atom is -0.355 e. The van der Waals surface area contributed by atoms with Crippen molar-refractivity contribution < 1.29 is 0 Å². The van der Waals surface area contributed by atoms with Crippen molar-refractivity contribution in [1.82, 2.24) is 0 Å². The summed E-state index contributed by atoms with van der Waals surface area (Å²) < 4.78 is 0. The molecular formula is C34H28N2. The van der Waals surface area contributed by atoms with E-state index >= 15 is 0 Å². The van der Waals surface area contributed by atoms with Crippen LogP contribution in [0.2, 0.25) is 0 Å².